The van der Waals surface area contributed by atoms with E-state index in [1.807, 2.05) is 24.3 Å². The zero-order valence-electron chi connectivity index (χ0n) is 14.2. The fraction of sp³-hybridized carbons (Fsp3) is 0.556. The molecule has 0 aliphatic rings. The van der Waals surface area contributed by atoms with E-state index in [2.05, 4.69) is 38.3 Å². The molecule has 0 bridgehead atoms. The molecule has 4 nitrogen and oxygen atoms in total. The van der Waals surface area contributed by atoms with Crippen molar-refractivity contribution in [3.05, 3.63) is 29.8 Å². The lowest BCUT2D eigenvalue weighted by molar-refractivity contribution is -0.126. The number of hydrogen-bond acceptors (Lipinski definition) is 2. The summed E-state index contributed by atoms with van der Waals surface area (Å²) in [6.07, 6.45) is 3.03. The number of amides is 2. The maximum absolute atomic E-state index is 11.8. The molecule has 0 heterocycles. The monoisotopic (exact) mass is 304 g/mol. The van der Waals surface area contributed by atoms with Crippen LogP contribution in [-0.4, -0.2) is 18.4 Å². The molecule has 0 aliphatic carbocycles. The third-order valence-electron chi connectivity index (χ3n) is 3.46. The van der Waals surface area contributed by atoms with Crippen molar-refractivity contribution in [2.75, 3.05) is 11.9 Å². The Morgan fingerprint density at radius 2 is 1.64 bits per heavy atom. The van der Waals surface area contributed by atoms with Crippen LogP contribution in [0.5, 0.6) is 0 Å². The van der Waals surface area contributed by atoms with Gasteiger partial charge in [-0.1, -0.05) is 52.7 Å². The largest absolute Gasteiger partial charge is 0.356 e. The Morgan fingerprint density at radius 1 is 1.00 bits per heavy atom. The summed E-state index contributed by atoms with van der Waals surface area (Å²) in [5, 5.41) is 5.52. The molecule has 0 saturated heterocycles. The molecule has 1 aromatic carbocycles. The second kappa shape index (κ2) is 8.57. The van der Waals surface area contributed by atoms with Gasteiger partial charge in [-0.15, -0.1) is 0 Å². The molecular weight excluding hydrogens is 276 g/mol. The van der Waals surface area contributed by atoms with Gasteiger partial charge in [0, 0.05) is 12.2 Å². The Hall–Kier alpha value is -1.84. The molecule has 1 rings (SSSR count). The average Bonchev–Trinajstić information content (AvgIpc) is 2.43. The Morgan fingerprint density at radius 3 is 2.18 bits per heavy atom. The molecule has 4 heteroatoms. The van der Waals surface area contributed by atoms with E-state index in [0.29, 0.717) is 6.54 Å². The third kappa shape index (κ3) is 6.74. The predicted molar refractivity (Wildman–Crippen MR) is 90.9 cm³/mol. The van der Waals surface area contributed by atoms with Crippen LogP contribution in [0.4, 0.5) is 5.69 Å². The molecule has 22 heavy (non-hydrogen) atoms. The first-order chi connectivity index (χ1) is 10.3. The lowest BCUT2D eigenvalue weighted by Crippen LogP contribution is -2.28. The highest BCUT2D eigenvalue weighted by Crippen LogP contribution is 2.23. The molecule has 0 spiro atoms. The molecule has 0 unspecified atom stereocenters. The first kappa shape index (κ1) is 18.2. The number of carbonyl (C=O) groups is 2. The van der Waals surface area contributed by atoms with E-state index in [1.54, 1.807) is 0 Å². The van der Waals surface area contributed by atoms with Gasteiger partial charge in [0.05, 0.1) is 0 Å². The van der Waals surface area contributed by atoms with E-state index in [-0.39, 0.29) is 23.7 Å². The van der Waals surface area contributed by atoms with Crippen LogP contribution in [0.1, 0.15) is 58.9 Å². The average molecular weight is 304 g/mol. The van der Waals surface area contributed by atoms with Crippen LogP contribution in [0.25, 0.3) is 0 Å². The van der Waals surface area contributed by atoms with E-state index in [9.17, 15) is 9.59 Å². The smallest absolute Gasteiger partial charge is 0.233 e. The van der Waals surface area contributed by atoms with Gasteiger partial charge in [0.25, 0.3) is 0 Å². The van der Waals surface area contributed by atoms with Gasteiger partial charge in [-0.25, -0.2) is 0 Å². The van der Waals surface area contributed by atoms with Crippen LogP contribution in [-0.2, 0) is 15.0 Å². The quantitative estimate of drug-likeness (QED) is 0.597. The number of anilines is 1. The minimum Gasteiger partial charge on any atom is -0.356 e. The Labute approximate surface area is 133 Å². The minimum atomic E-state index is -0.281. The van der Waals surface area contributed by atoms with Crippen LogP contribution in [0.3, 0.4) is 0 Å². The van der Waals surface area contributed by atoms with E-state index in [0.717, 1.165) is 24.9 Å². The number of unbranched alkanes of at least 4 members (excludes halogenated alkanes) is 2. The molecular formula is C18H28N2O2. The Bertz CT molecular complexity index is 487. The maximum atomic E-state index is 11.8. The van der Waals surface area contributed by atoms with Gasteiger partial charge >= 0.3 is 0 Å². The summed E-state index contributed by atoms with van der Waals surface area (Å²) in [4.78, 5) is 23.4. The first-order valence-electron chi connectivity index (χ1n) is 8.00. The second-order valence-electron chi connectivity index (χ2n) is 6.61. The zero-order chi connectivity index (χ0) is 16.6. The van der Waals surface area contributed by atoms with Crippen molar-refractivity contribution in [2.24, 2.45) is 0 Å². The number of hydrogen-bond donors (Lipinski definition) is 2. The highest BCUT2D eigenvalue weighted by molar-refractivity contribution is 6.03. The fourth-order valence-corrected chi connectivity index (χ4v) is 2.07. The molecule has 0 atom stereocenters. The van der Waals surface area contributed by atoms with Crippen molar-refractivity contribution in [2.45, 2.75) is 58.8 Å². The molecule has 1 aromatic rings. The fourth-order valence-electron chi connectivity index (χ4n) is 2.07. The lowest BCUT2D eigenvalue weighted by Gasteiger charge is -2.19. The highest BCUT2D eigenvalue weighted by Gasteiger charge is 2.13. The summed E-state index contributed by atoms with van der Waals surface area (Å²) in [6, 6.07) is 7.75. The molecule has 0 radical (unpaired) electrons. The summed E-state index contributed by atoms with van der Waals surface area (Å²) in [5.74, 6) is -0.503. The summed E-state index contributed by atoms with van der Waals surface area (Å²) in [7, 11) is 0. The molecule has 0 aromatic heterocycles. The topological polar surface area (TPSA) is 58.2 Å². The van der Waals surface area contributed by atoms with Crippen LogP contribution in [0.2, 0.25) is 0 Å². The SMILES string of the molecule is CCCCCNC(=O)CC(=O)Nc1ccc(C(C)(C)C)cc1. The van der Waals surface area contributed by atoms with Crippen LogP contribution < -0.4 is 10.6 Å². The van der Waals surface area contributed by atoms with Gasteiger partial charge in [-0.05, 0) is 29.5 Å². The van der Waals surface area contributed by atoms with E-state index in [4.69, 9.17) is 0 Å². The van der Waals surface area contributed by atoms with Crippen molar-refractivity contribution >= 4 is 17.5 Å². The number of nitrogens with one attached hydrogen (secondary N) is 2. The molecule has 122 valence electrons. The van der Waals surface area contributed by atoms with Crippen molar-refractivity contribution in [3.63, 3.8) is 0 Å². The van der Waals surface area contributed by atoms with Gasteiger partial charge in [-0.3, -0.25) is 9.59 Å². The second-order valence-corrected chi connectivity index (χ2v) is 6.61. The standard InChI is InChI=1S/C18H28N2O2/c1-5-6-7-12-19-16(21)13-17(22)20-15-10-8-14(9-11-15)18(2,3)4/h8-11H,5-7,12-13H2,1-4H3,(H,19,21)(H,20,22). The Kier molecular flexibility index (Phi) is 7.09. The molecule has 0 fully saturated rings. The van der Waals surface area contributed by atoms with Crippen LogP contribution in [0.15, 0.2) is 24.3 Å². The first-order valence-corrected chi connectivity index (χ1v) is 8.00. The molecule has 0 aliphatic heterocycles. The normalized spacial score (nSPS) is 11.1. The number of rotatable bonds is 7. The van der Waals surface area contributed by atoms with Gasteiger partial charge in [0.15, 0.2) is 0 Å². The zero-order valence-corrected chi connectivity index (χ0v) is 14.2. The summed E-state index contributed by atoms with van der Waals surface area (Å²) >= 11 is 0. The summed E-state index contributed by atoms with van der Waals surface area (Å²) < 4.78 is 0. The van der Waals surface area contributed by atoms with Crippen molar-refractivity contribution < 1.29 is 9.59 Å². The van der Waals surface area contributed by atoms with Crippen LogP contribution >= 0.6 is 0 Å². The van der Waals surface area contributed by atoms with Crippen LogP contribution in [0, 0.1) is 0 Å². The highest BCUT2D eigenvalue weighted by atomic mass is 16.2. The van der Waals surface area contributed by atoms with E-state index >= 15 is 0 Å². The van der Waals surface area contributed by atoms with Gasteiger partial charge in [0.2, 0.25) is 11.8 Å². The van der Waals surface area contributed by atoms with Gasteiger partial charge < -0.3 is 10.6 Å². The number of benzene rings is 1. The minimum absolute atomic E-state index is 0.0842. The van der Waals surface area contributed by atoms with E-state index in [1.165, 1.54) is 5.56 Å². The lowest BCUT2D eigenvalue weighted by atomic mass is 9.87. The summed E-state index contributed by atoms with van der Waals surface area (Å²) in [6.45, 7) is 9.18. The molecule has 2 amide bonds. The van der Waals surface area contributed by atoms with Crippen molar-refractivity contribution in [3.8, 4) is 0 Å². The van der Waals surface area contributed by atoms with E-state index < -0.39 is 0 Å². The van der Waals surface area contributed by atoms with Gasteiger partial charge in [-0.2, -0.15) is 0 Å². The third-order valence-corrected chi connectivity index (χ3v) is 3.46. The van der Waals surface area contributed by atoms with Crippen molar-refractivity contribution in [1.82, 2.24) is 5.32 Å². The summed E-state index contributed by atoms with van der Waals surface area (Å²) in [5.41, 5.74) is 2.01. The molecule has 2 N–H and O–H groups in total. The molecule has 0 saturated carbocycles. The van der Waals surface area contributed by atoms with Crippen molar-refractivity contribution in [1.29, 1.82) is 0 Å². The number of carbonyl (C=O) groups excluding carboxylic acids is 2. The van der Waals surface area contributed by atoms with Gasteiger partial charge in [0.1, 0.15) is 6.42 Å². The predicted octanol–water partition coefficient (Wildman–Crippen LogP) is 3.62. The maximum Gasteiger partial charge on any atom is 0.233 e. The Balaban J connectivity index is 2.40.